The number of amides is 1. The second-order valence-electron chi connectivity index (χ2n) is 5.23. The first-order valence-electron chi connectivity index (χ1n) is 7.72. The van der Waals surface area contributed by atoms with E-state index in [1.165, 1.54) is 0 Å². The zero-order valence-corrected chi connectivity index (χ0v) is 13.8. The molecule has 124 valence electrons. The van der Waals surface area contributed by atoms with Gasteiger partial charge in [-0.2, -0.15) is 5.26 Å². The summed E-state index contributed by atoms with van der Waals surface area (Å²) >= 11 is 0. The Labute approximate surface area is 141 Å². The van der Waals surface area contributed by atoms with Gasteiger partial charge in [0.25, 0.3) is 5.91 Å². The number of nitriles is 1. The van der Waals surface area contributed by atoms with Gasteiger partial charge in [0.1, 0.15) is 11.5 Å². The smallest absolute Gasteiger partial charge is 0.258 e. The number of nitrogens with zero attached hydrogens (tertiary/aromatic N) is 1. The normalized spacial score (nSPS) is 11.2. The number of benzene rings is 2. The minimum absolute atomic E-state index is 0.0709. The zero-order chi connectivity index (χ0) is 17.4. The van der Waals surface area contributed by atoms with Crippen molar-refractivity contribution in [2.24, 2.45) is 0 Å². The largest absolute Gasteiger partial charge is 0.497 e. The highest BCUT2D eigenvalue weighted by Gasteiger charge is 2.13. The lowest BCUT2D eigenvalue weighted by Gasteiger charge is -2.18. The molecule has 0 radical (unpaired) electrons. The van der Waals surface area contributed by atoms with Gasteiger partial charge < -0.3 is 14.8 Å². The number of hydrogen-bond acceptors (Lipinski definition) is 4. The molecule has 0 fully saturated rings. The van der Waals surface area contributed by atoms with E-state index in [1.54, 1.807) is 31.4 Å². The molecule has 24 heavy (non-hydrogen) atoms. The summed E-state index contributed by atoms with van der Waals surface area (Å²) in [4.78, 5) is 12.1. The van der Waals surface area contributed by atoms with Crippen LogP contribution in [0.25, 0.3) is 0 Å². The van der Waals surface area contributed by atoms with Gasteiger partial charge in [-0.3, -0.25) is 4.79 Å². The molecule has 1 atom stereocenters. The minimum Gasteiger partial charge on any atom is -0.497 e. The number of ether oxygens (including phenoxy) is 2. The number of carbonyl (C=O) groups is 1. The molecule has 0 saturated carbocycles. The van der Waals surface area contributed by atoms with E-state index in [0.29, 0.717) is 11.3 Å². The Kier molecular flexibility index (Phi) is 6.21. The molecule has 0 spiro atoms. The average molecular weight is 324 g/mol. The Hall–Kier alpha value is -3.00. The molecule has 0 aliphatic rings. The van der Waals surface area contributed by atoms with E-state index >= 15 is 0 Å². The summed E-state index contributed by atoms with van der Waals surface area (Å²) in [5.41, 5.74) is 1.57. The predicted molar refractivity (Wildman–Crippen MR) is 90.8 cm³/mol. The van der Waals surface area contributed by atoms with Crippen LogP contribution in [0, 0.1) is 11.3 Å². The van der Waals surface area contributed by atoms with E-state index in [4.69, 9.17) is 14.7 Å². The van der Waals surface area contributed by atoms with E-state index in [2.05, 4.69) is 5.32 Å². The zero-order valence-electron chi connectivity index (χ0n) is 13.8. The third-order valence-electron chi connectivity index (χ3n) is 3.61. The highest BCUT2D eigenvalue weighted by Crippen LogP contribution is 2.20. The third-order valence-corrected chi connectivity index (χ3v) is 3.61. The maximum atomic E-state index is 12.1. The van der Waals surface area contributed by atoms with Crippen LogP contribution in [0.4, 0.5) is 0 Å². The van der Waals surface area contributed by atoms with E-state index in [9.17, 15) is 4.79 Å². The molecule has 1 N–H and O–H groups in total. The Morgan fingerprint density at radius 3 is 2.29 bits per heavy atom. The third kappa shape index (κ3) is 4.75. The van der Waals surface area contributed by atoms with Gasteiger partial charge in [0.2, 0.25) is 0 Å². The number of nitrogens with one attached hydrogen (secondary N) is 1. The lowest BCUT2D eigenvalue weighted by Crippen LogP contribution is -2.32. The second-order valence-corrected chi connectivity index (χ2v) is 5.23. The van der Waals surface area contributed by atoms with E-state index in [0.717, 1.165) is 17.7 Å². The van der Waals surface area contributed by atoms with Crippen molar-refractivity contribution in [3.05, 3.63) is 59.7 Å². The van der Waals surface area contributed by atoms with Crippen LogP contribution in [0.1, 0.15) is 30.5 Å². The summed E-state index contributed by atoms with van der Waals surface area (Å²) in [6, 6.07) is 16.2. The Bertz CT molecular complexity index is 703. The molecule has 2 aromatic rings. The van der Waals surface area contributed by atoms with Gasteiger partial charge in [-0.25, -0.2) is 0 Å². The van der Waals surface area contributed by atoms with E-state index in [-0.39, 0.29) is 18.6 Å². The molecule has 0 bridgehead atoms. The van der Waals surface area contributed by atoms with Crippen molar-refractivity contribution in [1.29, 1.82) is 5.26 Å². The van der Waals surface area contributed by atoms with Crippen LogP contribution in [-0.2, 0) is 4.79 Å². The van der Waals surface area contributed by atoms with Crippen LogP contribution in [0.5, 0.6) is 11.5 Å². The number of rotatable bonds is 7. The molecule has 0 aromatic heterocycles. The summed E-state index contributed by atoms with van der Waals surface area (Å²) in [7, 11) is 1.62. The maximum Gasteiger partial charge on any atom is 0.258 e. The van der Waals surface area contributed by atoms with Crippen molar-refractivity contribution in [2.75, 3.05) is 13.7 Å². The van der Waals surface area contributed by atoms with Crippen LogP contribution < -0.4 is 14.8 Å². The topological polar surface area (TPSA) is 71.3 Å². The Balaban J connectivity index is 1.89. The quantitative estimate of drug-likeness (QED) is 0.849. The summed E-state index contributed by atoms with van der Waals surface area (Å²) in [5.74, 6) is 1.15. The van der Waals surface area contributed by atoms with Crippen molar-refractivity contribution >= 4 is 5.91 Å². The molecule has 1 amide bonds. The Morgan fingerprint density at radius 2 is 1.75 bits per heavy atom. The molecule has 0 heterocycles. The van der Waals surface area contributed by atoms with Crippen LogP contribution in [-0.4, -0.2) is 19.6 Å². The first-order chi connectivity index (χ1) is 11.7. The fourth-order valence-electron chi connectivity index (χ4n) is 2.27. The highest BCUT2D eigenvalue weighted by molar-refractivity contribution is 5.78. The first-order valence-corrected chi connectivity index (χ1v) is 7.72. The molecule has 0 aliphatic carbocycles. The number of methoxy groups -OCH3 is 1. The van der Waals surface area contributed by atoms with Gasteiger partial charge in [0.15, 0.2) is 6.61 Å². The fourth-order valence-corrected chi connectivity index (χ4v) is 2.27. The lowest BCUT2D eigenvalue weighted by atomic mass is 10.0. The van der Waals surface area contributed by atoms with Crippen molar-refractivity contribution < 1.29 is 14.3 Å². The molecular weight excluding hydrogens is 304 g/mol. The van der Waals surface area contributed by atoms with Gasteiger partial charge in [-0.15, -0.1) is 0 Å². The molecule has 0 aliphatic heterocycles. The molecule has 2 rings (SSSR count). The number of hydrogen-bond donors (Lipinski definition) is 1. The fraction of sp³-hybridized carbons (Fsp3) is 0.263. The molecular formula is C19H20N2O3. The summed E-state index contributed by atoms with van der Waals surface area (Å²) in [6.45, 7) is 1.94. The van der Waals surface area contributed by atoms with Crippen LogP contribution in [0.3, 0.4) is 0 Å². The molecule has 1 unspecified atom stereocenters. The van der Waals surface area contributed by atoms with Gasteiger partial charge >= 0.3 is 0 Å². The van der Waals surface area contributed by atoms with Crippen molar-refractivity contribution in [1.82, 2.24) is 5.32 Å². The van der Waals surface area contributed by atoms with Crippen molar-refractivity contribution in [3.63, 3.8) is 0 Å². The van der Waals surface area contributed by atoms with Gasteiger partial charge in [-0.05, 0) is 48.4 Å². The molecule has 5 nitrogen and oxygen atoms in total. The van der Waals surface area contributed by atoms with Gasteiger partial charge in [0.05, 0.1) is 24.8 Å². The summed E-state index contributed by atoms with van der Waals surface area (Å²) < 4.78 is 10.6. The summed E-state index contributed by atoms with van der Waals surface area (Å²) in [6.07, 6.45) is 0.773. The SMILES string of the molecule is CCC(NC(=O)COc1ccc(C#N)cc1)c1ccc(OC)cc1. The van der Waals surface area contributed by atoms with Crippen LogP contribution >= 0.6 is 0 Å². The monoisotopic (exact) mass is 324 g/mol. The minimum atomic E-state index is -0.193. The molecule has 2 aromatic carbocycles. The van der Waals surface area contributed by atoms with Crippen LogP contribution in [0.15, 0.2) is 48.5 Å². The predicted octanol–water partition coefficient (Wildman–Crippen LogP) is 3.21. The molecule has 0 saturated heterocycles. The first kappa shape index (κ1) is 17.4. The van der Waals surface area contributed by atoms with Crippen molar-refractivity contribution in [2.45, 2.75) is 19.4 Å². The Morgan fingerprint density at radius 1 is 1.12 bits per heavy atom. The standard InChI is InChI=1S/C19H20N2O3/c1-3-18(15-6-10-16(23-2)11-7-15)21-19(22)13-24-17-8-4-14(12-20)5-9-17/h4-11,18H,3,13H2,1-2H3,(H,21,22). The van der Waals surface area contributed by atoms with Crippen LogP contribution in [0.2, 0.25) is 0 Å². The summed E-state index contributed by atoms with van der Waals surface area (Å²) in [5, 5.41) is 11.7. The van der Waals surface area contributed by atoms with Gasteiger partial charge in [0, 0.05) is 0 Å². The van der Waals surface area contributed by atoms with Crippen molar-refractivity contribution in [3.8, 4) is 17.6 Å². The second kappa shape index (κ2) is 8.59. The number of carbonyl (C=O) groups excluding carboxylic acids is 1. The van der Waals surface area contributed by atoms with Gasteiger partial charge in [-0.1, -0.05) is 19.1 Å². The van der Waals surface area contributed by atoms with E-state index < -0.39 is 0 Å². The highest BCUT2D eigenvalue weighted by atomic mass is 16.5. The van der Waals surface area contributed by atoms with E-state index in [1.807, 2.05) is 37.3 Å². The lowest BCUT2D eigenvalue weighted by molar-refractivity contribution is -0.123. The maximum absolute atomic E-state index is 12.1. The average Bonchev–Trinajstić information content (AvgIpc) is 2.65. The molecule has 5 heteroatoms.